The van der Waals surface area contributed by atoms with Crippen LogP contribution in [-0.2, 0) is 4.18 Å². The number of rotatable bonds is 1. The quantitative estimate of drug-likeness (QED) is 0.430. The number of carbonyl (C=O) groups excluding carboxylic acids is 1. The van der Waals surface area contributed by atoms with E-state index in [9.17, 15) is 4.79 Å². The lowest BCUT2D eigenvalue weighted by Crippen LogP contribution is -1.87. The average Bonchev–Trinajstić information content (AvgIpc) is 1.68. The van der Waals surface area contributed by atoms with Crippen LogP contribution in [0.15, 0.2) is 4.99 Å². The lowest BCUT2D eigenvalue weighted by Gasteiger charge is -1.86. The molecule has 0 fully saturated rings. The summed E-state index contributed by atoms with van der Waals surface area (Å²) in [7, 11) is 0. The molecule has 44 valence electrons. The van der Waals surface area contributed by atoms with Crippen LogP contribution in [0.25, 0.3) is 0 Å². The maximum Gasteiger partial charge on any atom is 0.455 e. The summed E-state index contributed by atoms with van der Waals surface area (Å²) in [4.78, 5) is 12.9. The van der Waals surface area contributed by atoms with Crippen molar-refractivity contribution in [1.29, 1.82) is 5.41 Å². The van der Waals surface area contributed by atoms with Gasteiger partial charge < -0.3 is 4.18 Å². The van der Waals surface area contributed by atoms with Crippen LogP contribution in [-0.4, -0.2) is 18.4 Å². The van der Waals surface area contributed by atoms with Gasteiger partial charge >= 0.3 is 6.09 Å². The third-order valence-electron chi connectivity index (χ3n) is 0.302. The van der Waals surface area contributed by atoms with E-state index >= 15 is 0 Å². The smallest absolute Gasteiger partial charge is 0.373 e. The van der Waals surface area contributed by atoms with Crippen LogP contribution in [0.5, 0.6) is 0 Å². The van der Waals surface area contributed by atoms with Crippen LogP contribution in [0, 0.1) is 5.41 Å². The molecule has 0 aromatic heterocycles. The fourth-order valence-corrected chi connectivity index (χ4v) is 0.315. The van der Waals surface area contributed by atoms with Crippen LogP contribution >= 0.6 is 12.0 Å². The summed E-state index contributed by atoms with van der Waals surface area (Å²) in [6, 6.07) is 1.54. The van der Waals surface area contributed by atoms with Crippen molar-refractivity contribution in [3.8, 4) is 0 Å². The fraction of sp³-hybridized carbons (Fsp3) is 0.333. The molecule has 0 spiro atoms. The van der Waals surface area contributed by atoms with Crippen molar-refractivity contribution in [3.63, 3.8) is 0 Å². The van der Waals surface area contributed by atoms with E-state index in [4.69, 9.17) is 5.41 Å². The Bertz CT molecular complexity index is 129. The zero-order valence-corrected chi connectivity index (χ0v) is 4.99. The summed E-state index contributed by atoms with van der Waals surface area (Å²) in [5.41, 5.74) is 0. The van der Waals surface area contributed by atoms with E-state index in [0.29, 0.717) is 0 Å². The highest BCUT2D eigenvalue weighted by Gasteiger charge is 1.92. The van der Waals surface area contributed by atoms with E-state index in [1.54, 1.807) is 6.26 Å². The molecule has 0 saturated carbocycles. The van der Waals surface area contributed by atoms with Crippen LogP contribution < -0.4 is 0 Å². The van der Waals surface area contributed by atoms with Gasteiger partial charge in [-0.2, -0.15) is 0 Å². The minimum Gasteiger partial charge on any atom is -0.373 e. The summed E-state index contributed by atoms with van der Waals surface area (Å²) in [5, 5.41) is 6.18. The molecule has 0 saturated heterocycles. The molecular weight excluding hydrogens is 128 g/mol. The van der Waals surface area contributed by atoms with E-state index in [2.05, 4.69) is 9.18 Å². The van der Waals surface area contributed by atoms with Crippen molar-refractivity contribution in [2.24, 2.45) is 4.99 Å². The Balaban J connectivity index is 3.49. The zero-order chi connectivity index (χ0) is 6.41. The molecule has 0 rings (SSSR count). The highest BCUT2D eigenvalue weighted by Crippen LogP contribution is 1.95. The third kappa shape index (κ3) is 3.39. The molecule has 1 N–H and O–H groups in total. The standard InChI is InChI=1S/C3H4N2O2S/c1-8-7-3(6)5-2-4/h4H,1H3. The number of carbonyl (C=O) groups is 1. The summed E-state index contributed by atoms with van der Waals surface area (Å²) in [6.45, 7) is 0. The fourth-order valence-electron chi connectivity index (χ4n) is 0.136. The first-order valence-corrected chi connectivity index (χ1v) is 2.83. The summed E-state index contributed by atoms with van der Waals surface area (Å²) in [5.74, 6) is 0. The maximum absolute atomic E-state index is 10.1. The van der Waals surface area contributed by atoms with Gasteiger partial charge in [0.2, 0.25) is 0 Å². The molecule has 0 aliphatic rings. The normalized spacial score (nSPS) is 7.12. The van der Waals surface area contributed by atoms with Crippen LogP contribution in [0.1, 0.15) is 0 Å². The minimum absolute atomic E-state index is 0.799. The van der Waals surface area contributed by atoms with Crippen molar-refractivity contribution in [2.75, 3.05) is 6.26 Å². The molecule has 1 amide bonds. The Kier molecular flexibility index (Phi) is 3.93. The lowest BCUT2D eigenvalue weighted by molar-refractivity contribution is 0.219. The second-order valence-corrected chi connectivity index (χ2v) is 1.24. The second kappa shape index (κ2) is 4.36. The van der Waals surface area contributed by atoms with Crippen molar-refractivity contribution in [2.45, 2.75) is 0 Å². The topological polar surface area (TPSA) is 62.5 Å². The number of hydrogen-bond acceptors (Lipinski definition) is 4. The van der Waals surface area contributed by atoms with Crippen LogP contribution in [0.3, 0.4) is 0 Å². The van der Waals surface area contributed by atoms with Gasteiger partial charge in [-0.1, -0.05) is 0 Å². The molecule has 0 heterocycles. The van der Waals surface area contributed by atoms with Gasteiger partial charge in [0.1, 0.15) is 0 Å². The van der Waals surface area contributed by atoms with Crippen LogP contribution in [0.4, 0.5) is 4.79 Å². The number of nitrogens with zero attached hydrogens (tertiary/aromatic N) is 1. The van der Waals surface area contributed by atoms with Gasteiger partial charge in [0.25, 0.3) is 0 Å². The Morgan fingerprint density at radius 2 is 2.62 bits per heavy atom. The van der Waals surface area contributed by atoms with Gasteiger partial charge in [-0.25, -0.2) is 10.2 Å². The second-order valence-electron chi connectivity index (χ2n) is 0.740. The summed E-state index contributed by atoms with van der Waals surface area (Å²) >= 11 is 0.883. The summed E-state index contributed by atoms with van der Waals surface area (Å²) in [6.07, 6.45) is 0.782. The first-order valence-electron chi connectivity index (χ1n) is 1.68. The van der Waals surface area contributed by atoms with E-state index in [1.807, 2.05) is 0 Å². The van der Waals surface area contributed by atoms with Gasteiger partial charge in [-0.3, -0.25) is 0 Å². The molecule has 0 aliphatic heterocycles. The predicted molar refractivity (Wildman–Crippen MR) is 30.2 cm³/mol. The minimum atomic E-state index is -0.799. The molecule has 8 heavy (non-hydrogen) atoms. The van der Waals surface area contributed by atoms with Crippen molar-refractivity contribution < 1.29 is 8.98 Å². The molecule has 0 radical (unpaired) electrons. The van der Waals surface area contributed by atoms with E-state index in [0.717, 1.165) is 12.0 Å². The van der Waals surface area contributed by atoms with Crippen molar-refractivity contribution in [1.82, 2.24) is 0 Å². The highest BCUT2D eigenvalue weighted by atomic mass is 32.2. The van der Waals surface area contributed by atoms with Gasteiger partial charge in [0.05, 0.1) is 18.1 Å². The number of amides is 1. The van der Waals surface area contributed by atoms with Crippen molar-refractivity contribution >= 4 is 24.1 Å². The average molecular weight is 132 g/mol. The number of nitrogens with one attached hydrogen (secondary N) is 1. The van der Waals surface area contributed by atoms with Gasteiger partial charge in [0, 0.05) is 6.26 Å². The highest BCUT2D eigenvalue weighted by molar-refractivity contribution is 7.94. The Morgan fingerprint density at radius 3 is 3.00 bits per heavy atom. The van der Waals surface area contributed by atoms with E-state index < -0.39 is 6.09 Å². The first-order chi connectivity index (χ1) is 3.81. The van der Waals surface area contributed by atoms with E-state index in [-0.39, 0.29) is 0 Å². The molecule has 0 unspecified atom stereocenters. The third-order valence-corrected chi connectivity index (χ3v) is 0.611. The molecule has 0 aromatic carbocycles. The number of aliphatic imine (C=N–C) groups is 1. The Hall–Kier alpha value is -0.800. The maximum atomic E-state index is 10.1. The molecule has 0 aromatic rings. The molecule has 4 nitrogen and oxygen atoms in total. The van der Waals surface area contributed by atoms with E-state index in [1.165, 1.54) is 6.01 Å². The summed E-state index contributed by atoms with van der Waals surface area (Å²) < 4.78 is 4.21. The van der Waals surface area contributed by atoms with Crippen LogP contribution in [0.2, 0.25) is 0 Å². The van der Waals surface area contributed by atoms with Gasteiger partial charge in [0.15, 0.2) is 0 Å². The molecule has 0 aliphatic carbocycles. The molecule has 0 atom stereocenters. The largest absolute Gasteiger partial charge is 0.455 e. The zero-order valence-electron chi connectivity index (χ0n) is 4.17. The molecule has 5 heteroatoms. The molecular formula is C3H4N2O2S. The monoisotopic (exact) mass is 132 g/mol. The Morgan fingerprint density at radius 1 is 2.00 bits per heavy atom. The predicted octanol–water partition coefficient (Wildman–Crippen LogP) is 1.15. The Labute approximate surface area is 50.7 Å². The lowest BCUT2D eigenvalue weighted by atomic mass is 11.2. The molecule has 0 bridgehead atoms. The van der Waals surface area contributed by atoms with Gasteiger partial charge in [-0.05, 0) is 0 Å². The SMILES string of the molecule is CSOC(=O)N=C=N. The number of hydrogen-bond donors (Lipinski definition) is 1. The van der Waals surface area contributed by atoms with Gasteiger partial charge in [-0.15, -0.1) is 4.99 Å². The van der Waals surface area contributed by atoms with Crippen molar-refractivity contribution in [3.05, 3.63) is 0 Å². The first kappa shape index (κ1) is 7.20.